The van der Waals surface area contributed by atoms with Crippen LogP contribution in [-0.4, -0.2) is 54.7 Å². The lowest BCUT2D eigenvalue weighted by Crippen LogP contribution is -2.56. The Labute approximate surface area is 168 Å². The van der Waals surface area contributed by atoms with Crippen LogP contribution in [-0.2, 0) is 14.3 Å². The lowest BCUT2D eigenvalue weighted by Gasteiger charge is -2.35. The van der Waals surface area contributed by atoms with Gasteiger partial charge in [0, 0.05) is 36.5 Å². The van der Waals surface area contributed by atoms with Crippen molar-refractivity contribution in [3.05, 3.63) is 34.8 Å². The molecule has 0 bridgehead atoms. The number of imide groups is 1. The number of hydrogen-bond acceptors (Lipinski definition) is 5. The van der Waals surface area contributed by atoms with Gasteiger partial charge in [0.15, 0.2) is 0 Å². The van der Waals surface area contributed by atoms with Crippen LogP contribution in [0.2, 0.25) is 0 Å². The van der Waals surface area contributed by atoms with Gasteiger partial charge >= 0.3 is 6.03 Å². The maximum atomic E-state index is 13.1. The summed E-state index contributed by atoms with van der Waals surface area (Å²) in [4.78, 5) is 43.2. The first-order valence-corrected chi connectivity index (χ1v) is 9.64. The van der Waals surface area contributed by atoms with Crippen molar-refractivity contribution in [2.24, 2.45) is 4.99 Å². The molecule has 8 heteroatoms. The third-order valence-corrected chi connectivity index (χ3v) is 5.51. The van der Waals surface area contributed by atoms with Crippen LogP contribution >= 0.6 is 0 Å². The van der Waals surface area contributed by atoms with E-state index in [4.69, 9.17) is 4.74 Å². The van der Waals surface area contributed by atoms with Crippen LogP contribution in [0.5, 0.6) is 0 Å². The van der Waals surface area contributed by atoms with E-state index in [1.807, 2.05) is 0 Å². The summed E-state index contributed by atoms with van der Waals surface area (Å²) in [5, 5.41) is 4.88. The molecule has 0 aromatic carbocycles. The Bertz CT molecular complexity index is 963. The van der Waals surface area contributed by atoms with Crippen molar-refractivity contribution in [1.82, 2.24) is 15.5 Å². The molecule has 1 unspecified atom stereocenters. The monoisotopic (exact) mass is 394 g/mol. The summed E-state index contributed by atoms with van der Waals surface area (Å²) in [6.45, 7) is 0.466. The molecule has 4 rings (SSSR count). The predicted molar refractivity (Wildman–Crippen MR) is 106 cm³/mol. The summed E-state index contributed by atoms with van der Waals surface area (Å²) < 4.78 is 5.31. The summed E-state index contributed by atoms with van der Waals surface area (Å²) in [6, 6.07) is -0.608. The SMILES string of the molecule is COC1=CC2=C(CC1)CCN(CC1(C#CC3=CN=CCC3)NC(=O)NC1=O)C2=O. The summed E-state index contributed by atoms with van der Waals surface area (Å²) in [7, 11) is 1.59. The fraction of sp³-hybridized carbons (Fsp3) is 0.429. The van der Waals surface area contributed by atoms with Gasteiger partial charge in [-0.1, -0.05) is 17.4 Å². The van der Waals surface area contributed by atoms with Gasteiger partial charge in [0.2, 0.25) is 5.54 Å². The van der Waals surface area contributed by atoms with Crippen molar-refractivity contribution >= 4 is 24.1 Å². The topological polar surface area (TPSA) is 100 Å². The first-order valence-electron chi connectivity index (χ1n) is 9.64. The molecule has 8 nitrogen and oxygen atoms in total. The number of carbonyl (C=O) groups is 3. The Balaban J connectivity index is 1.61. The van der Waals surface area contributed by atoms with E-state index in [2.05, 4.69) is 27.5 Å². The van der Waals surface area contributed by atoms with Gasteiger partial charge in [-0.3, -0.25) is 19.9 Å². The molecule has 0 saturated carbocycles. The number of carbonyl (C=O) groups excluding carboxylic acids is 3. The number of ether oxygens (including phenoxy) is 1. The molecule has 4 aliphatic rings. The molecule has 1 saturated heterocycles. The average Bonchev–Trinajstić information content (AvgIpc) is 3.02. The second-order valence-corrected chi connectivity index (χ2v) is 7.40. The molecule has 0 radical (unpaired) electrons. The molecule has 4 amide bonds. The van der Waals surface area contributed by atoms with Gasteiger partial charge in [0.25, 0.3) is 11.8 Å². The summed E-state index contributed by atoms with van der Waals surface area (Å²) in [6.07, 6.45) is 9.06. The Kier molecular flexibility index (Phi) is 4.97. The first-order chi connectivity index (χ1) is 14.0. The number of amides is 4. The molecule has 150 valence electrons. The van der Waals surface area contributed by atoms with Crippen molar-refractivity contribution < 1.29 is 19.1 Å². The van der Waals surface area contributed by atoms with Crippen LogP contribution in [0.3, 0.4) is 0 Å². The number of nitrogens with one attached hydrogen (secondary N) is 2. The minimum Gasteiger partial charge on any atom is -0.501 e. The Morgan fingerprint density at radius 3 is 2.79 bits per heavy atom. The van der Waals surface area contributed by atoms with Crippen molar-refractivity contribution in [1.29, 1.82) is 0 Å². The number of aliphatic imine (C=N–C) groups is 1. The molecule has 1 fully saturated rings. The first kappa shape index (κ1) is 19.0. The zero-order chi connectivity index (χ0) is 20.4. The second-order valence-electron chi connectivity index (χ2n) is 7.40. The zero-order valence-corrected chi connectivity index (χ0v) is 16.2. The van der Waals surface area contributed by atoms with Crippen molar-refractivity contribution in [2.75, 3.05) is 20.2 Å². The van der Waals surface area contributed by atoms with Gasteiger partial charge in [-0.05, 0) is 31.8 Å². The standard InChI is InChI=1S/C21H22N4O4/c1-29-16-5-4-15-7-10-25(18(26)17(15)11-16)13-21(19(27)23-20(28)24-21)8-6-14-3-2-9-22-12-14/h9,11-12H,2-5,7,10,13H2,1H3,(H2,23,24,27,28). The molecule has 0 spiro atoms. The molecular weight excluding hydrogens is 372 g/mol. The van der Waals surface area contributed by atoms with Crippen LogP contribution in [0, 0.1) is 11.8 Å². The van der Waals surface area contributed by atoms with Crippen molar-refractivity contribution in [2.45, 2.75) is 37.6 Å². The predicted octanol–water partition coefficient (Wildman–Crippen LogP) is 1.17. The van der Waals surface area contributed by atoms with Gasteiger partial charge in [0.1, 0.15) is 0 Å². The zero-order valence-electron chi connectivity index (χ0n) is 16.2. The highest BCUT2D eigenvalue weighted by molar-refractivity contribution is 6.10. The highest BCUT2D eigenvalue weighted by atomic mass is 16.5. The van der Waals surface area contributed by atoms with E-state index in [9.17, 15) is 14.4 Å². The van der Waals surface area contributed by atoms with Gasteiger partial charge in [0.05, 0.1) is 19.4 Å². The molecule has 1 aliphatic carbocycles. The van der Waals surface area contributed by atoms with Crippen molar-refractivity contribution in [3.63, 3.8) is 0 Å². The van der Waals surface area contributed by atoms with Crippen LogP contribution in [0.15, 0.2) is 39.7 Å². The minimum absolute atomic E-state index is 0.0140. The molecule has 29 heavy (non-hydrogen) atoms. The quantitative estimate of drug-likeness (QED) is 0.554. The number of hydrogen-bond donors (Lipinski definition) is 2. The van der Waals surface area contributed by atoms with E-state index in [1.165, 1.54) is 0 Å². The van der Waals surface area contributed by atoms with Crippen LogP contribution in [0.4, 0.5) is 4.79 Å². The molecule has 2 N–H and O–H groups in total. The van der Waals surface area contributed by atoms with E-state index < -0.39 is 17.5 Å². The van der Waals surface area contributed by atoms with E-state index in [0.717, 1.165) is 49.0 Å². The fourth-order valence-corrected chi connectivity index (χ4v) is 3.87. The molecule has 3 aliphatic heterocycles. The number of allylic oxidation sites excluding steroid dienone is 2. The summed E-state index contributed by atoms with van der Waals surface area (Å²) in [5.74, 6) is 5.95. The van der Waals surface area contributed by atoms with E-state index in [1.54, 1.807) is 30.5 Å². The van der Waals surface area contributed by atoms with Crippen molar-refractivity contribution in [3.8, 4) is 11.8 Å². The summed E-state index contributed by atoms with van der Waals surface area (Å²) in [5.41, 5.74) is 1.04. The maximum absolute atomic E-state index is 13.1. The van der Waals surface area contributed by atoms with E-state index in [0.29, 0.717) is 12.1 Å². The third-order valence-electron chi connectivity index (χ3n) is 5.51. The number of nitrogens with zero attached hydrogens (tertiary/aromatic N) is 2. The minimum atomic E-state index is -1.48. The lowest BCUT2D eigenvalue weighted by molar-refractivity contribution is -0.130. The van der Waals surface area contributed by atoms with E-state index in [-0.39, 0.29) is 12.5 Å². The van der Waals surface area contributed by atoms with Gasteiger partial charge in [-0.25, -0.2) is 4.79 Å². The fourth-order valence-electron chi connectivity index (χ4n) is 3.87. The highest BCUT2D eigenvalue weighted by Crippen LogP contribution is 2.32. The largest absolute Gasteiger partial charge is 0.501 e. The van der Waals surface area contributed by atoms with E-state index >= 15 is 0 Å². The van der Waals surface area contributed by atoms with Gasteiger partial charge in [-0.15, -0.1) is 0 Å². The molecule has 0 aromatic rings. The van der Waals surface area contributed by atoms with Gasteiger partial charge in [-0.2, -0.15) is 0 Å². The Morgan fingerprint density at radius 2 is 2.10 bits per heavy atom. The highest BCUT2D eigenvalue weighted by Gasteiger charge is 2.48. The smallest absolute Gasteiger partial charge is 0.323 e. The summed E-state index contributed by atoms with van der Waals surface area (Å²) >= 11 is 0. The number of methoxy groups -OCH3 is 1. The van der Waals surface area contributed by atoms with Crippen LogP contribution in [0.1, 0.15) is 32.1 Å². The Hall–Kier alpha value is -3.34. The third kappa shape index (κ3) is 3.68. The number of urea groups is 1. The molecule has 1 atom stereocenters. The Morgan fingerprint density at radius 1 is 1.24 bits per heavy atom. The van der Waals surface area contributed by atoms with Gasteiger partial charge < -0.3 is 15.0 Å². The average molecular weight is 394 g/mol. The second kappa shape index (κ2) is 7.59. The lowest BCUT2D eigenvalue weighted by atomic mass is 9.89. The molecule has 0 aromatic heterocycles. The number of rotatable bonds is 3. The molecular formula is C21H22N4O4. The molecule has 3 heterocycles. The maximum Gasteiger partial charge on any atom is 0.323 e. The normalized spacial score (nSPS) is 26.1. The van der Waals surface area contributed by atoms with Crippen LogP contribution < -0.4 is 10.6 Å². The van der Waals surface area contributed by atoms with Crippen LogP contribution in [0.25, 0.3) is 0 Å².